The zero-order chi connectivity index (χ0) is 33.6. The molecule has 0 radical (unpaired) electrons. The van der Waals surface area contributed by atoms with E-state index in [1.165, 1.54) is 12.7 Å². The van der Waals surface area contributed by atoms with Gasteiger partial charge in [0.2, 0.25) is 0 Å². The van der Waals surface area contributed by atoms with E-state index in [1.807, 2.05) is 55.5 Å². The third-order valence-corrected chi connectivity index (χ3v) is 9.81. The van der Waals surface area contributed by atoms with Gasteiger partial charge in [-0.3, -0.25) is 4.57 Å². The highest BCUT2D eigenvalue weighted by molar-refractivity contribution is 7.89. The van der Waals surface area contributed by atoms with E-state index in [2.05, 4.69) is 57.2 Å². The van der Waals surface area contributed by atoms with E-state index in [4.69, 9.17) is 14.8 Å². The van der Waals surface area contributed by atoms with Crippen LogP contribution in [0.15, 0.2) is 95.8 Å². The first-order valence-corrected chi connectivity index (χ1v) is 17.9. The molecule has 0 bridgehead atoms. The minimum absolute atomic E-state index is 0.0579. The third-order valence-electron chi connectivity index (χ3n) is 8.32. The number of ether oxygens (including phenoxy) is 1. The molecular weight excluding hydrogens is 609 g/mol. The van der Waals surface area contributed by atoms with E-state index in [0.29, 0.717) is 36.6 Å². The molecule has 0 aliphatic rings. The fourth-order valence-corrected chi connectivity index (χ4v) is 7.12. The van der Waals surface area contributed by atoms with Crippen molar-refractivity contribution < 1.29 is 13.2 Å². The second-order valence-corrected chi connectivity index (χ2v) is 15.0. The quantitative estimate of drug-likeness (QED) is 0.139. The summed E-state index contributed by atoms with van der Waals surface area (Å²) in [5.41, 5.74) is 6.20. The molecular formula is C38H44N4O4S. The molecule has 47 heavy (non-hydrogen) atoms. The van der Waals surface area contributed by atoms with E-state index in [-0.39, 0.29) is 22.6 Å². The molecule has 0 amide bonds. The molecule has 0 N–H and O–H groups in total. The first kappa shape index (κ1) is 33.9. The fourth-order valence-electron chi connectivity index (χ4n) is 5.69. The van der Waals surface area contributed by atoms with Crippen LogP contribution in [-0.2, 0) is 52.7 Å². The highest BCUT2D eigenvalue weighted by atomic mass is 32.2. The number of methoxy groups -OCH3 is 1. The van der Waals surface area contributed by atoms with Crippen molar-refractivity contribution in [1.29, 1.82) is 0 Å². The zero-order valence-corrected chi connectivity index (χ0v) is 28.8. The molecule has 5 aromatic rings. The van der Waals surface area contributed by atoms with Gasteiger partial charge >= 0.3 is 5.69 Å². The van der Waals surface area contributed by atoms with Crippen LogP contribution in [0.4, 0.5) is 0 Å². The Morgan fingerprint density at radius 2 is 1.47 bits per heavy atom. The molecule has 246 valence electrons. The number of benzene rings is 3. The summed E-state index contributed by atoms with van der Waals surface area (Å²) in [6.07, 6.45) is 2.38. The number of aryl methyl sites for hydroxylation is 2. The summed E-state index contributed by atoms with van der Waals surface area (Å²) < 4.78 is 34.8. The molecule has 0 spiro atoms. The van der Waals surface area contributed by atoms with Gasteiger partial charge in [-0.2, -0.15) is 5.10 Å². The van der Waals surface area contributed by atoms with Crippen LogP contribution in [0.2, 0.25) is 0 Å². The second-order valence-electron chi connectivity index (χ2n) is 13.0. The van der Waals surface area contributed by atoms with E-state index in [9.17, 15) is 13.2 Å². The molecule has 3 aromatic carbocycles. The maximum Gasteiger partial charge on any atom is 0.346 e. The molecule has 0 saturated heterocycles. The number of nitrogens with zero attached hydrogens (tertiary/aromatic N) is 4. The maximum atomic E-state index is 13.1. The number of hydrogen-bond donors (Lipinski definition) is 0. The number of pyridine rings is 1. The van der Waals surface area contributed by atoms with Crippen LogP contribution in [-0.4, -0.2) is 34.9 Å². The molecule has 0 unspecified atom stereocenters. The molecule has 0 saturated carbocycles. The average molecular weight is 653 g/mol. The van der Waals surface area contributed by atoms with E-state index < -0.39 is 9.84 Å². The summed E-state index contributed by atoms with van der Waals surface area (Å²) in [6, 6.07) is 29.3. The lowest BCUT2D eigenvalue weighted by Gasteiger charge is -2.19. The summed E-state index contributed by atoms with van der Waals surface area (Å²) in [5, 5.41) is 4.71. The molecule has 0 aliphatic heterocycles. The Kier molecular flexibility index (Phi) is 10.4. The monoisotopic (exact) mass is 652 g/mol. The SMILES string of the molecule is CCn1c(CCCc2ccc(-c3ccc(OC)c(CS(=O)(=O)Cc4ccccc4)n3)cc2)nn(Cc2ccc(C(C)(C)C)cc2)c1=O. The number of hydrogen-bond acceptors (Lipinski definition) is 6. The van der Waals surface area contributed by atoms with Crippen LogP contribution in [0.1, 0.15) is 67.9 Å². The minimum Gasteiger partial charge on any atom is -0.495 e. The van der Waals surface area contributed by atoms with Crippen molar-refractivity contribution in [3.63, 3.8) is 0 Å². The van der Waals surface area contributed by atoms with Crippen LogP contribution in [0.3, 0.4) is 0 Å². The molecule has 5 rings (SSSR count). The largest absolute Gasteiger partial charge is 0.495 e. The normalized spacial score (nSPS) is 11.9. The maximum absolute atomic E-state index is 13.1. The average Bonchev–Trinajstić information content (AvgIpc) is 3.34. The highest BCUT2D eigenvalue weighted by Gasteiger charge is 2.19. The van der Waals surface area contributed by atoms with Crippen molar-refractivity contribution in [3.8, 4) is 17.0 Å². The smallest absolute Gasteiger partial charge is 0.346 e. The van der Waals surface area contributed by atoms with E-state index in [1.54, 1.807) is 15.3 Å². The molecule has 0 fully saturated rings. The van der Waals surface area contributed by atoms with Gasteiger partial charge in [0.1, 0.15) is 11.6 Å². The van der Waals surface area contributed by atoms with Gasteiger partial charge < -0.3 is 4.74 Å². The molecule has 0 aliphatic carbocycles. The van der Waals surface area contributed by atoms with Crippen molar-refractivity contribution in [3.05, 3.63) is 135 Å². The van der Waals surface area contributed by atoms with Crippen molar-refractivity contribution >= 4 is 9.84 Å². The highest BCUT2D eigenvalue weighted by Crippen LogP contribution is 2.26. The lowest BCUT2D eigenvalue weighted by atomic mass is 9.87. The summed E-state index contributed by atoms with van der Waals surface area (Å²) >= 11 is 0. The number of aromatic nitrogens is 4. The molecule has 2 aromatic heterocycles. The van der Waals surface area contributed by atoms with Crippen molar-refractivity contribution in [1.82, 2.24) is 19.3 Å². The predicted molar refractivity (Wildman–Crippen MR) is 187 cm³/mol. The zero-order valence-electron chi connectivity index (χ0n) is 27.9. The van der Waals surface area contributed by atoms with Crippen LogP contribution >= 0.6 is 0 Å². The van der Waals surface area contributed by atoms with Gasteiger partial charge in [-0.15, -0.1) is 0 Å². The minimum atomic E-state index is -3.46. The lowest BCUT2D eigenvalue weighted by Crippen LogP contribution is -2.25. The first-order valence-electron chi connectivity index (χ1n) is 16.1. The first-order chi connectivity index (χ1) is 22.5. The van der Waals surface area contributed by atoms with Crippen molar-refractivity contribution in [2.24, 2.45) is 0 Å². The van der Waals surface area contributed by atoms with Gasteiger partial charge in [0.15, 0.2) is 9.84 Å². The topological polar surface area (TPSA) is 96.1 Å². The van der Waals surface area contributed by atoms with Crippen molar-refractivity contribution in [2.75, 3.05) is 7.11 Å². The Bertz CT molecular complexity index is 1960. The molecule has 8 nitrogen and oxygen atoms in total. The van der Waals surface area contributed by atoms with Crippen molar-refractivity contribution in [2.45, 2.75) is 77.0 Å². The standard InChI is InChI=1S/C38H44N4O4S/c1-6-41-36(40-42(37(41)43)25-29-17-21-32(22-18-29)38(2,3)4)14-10-13-28-15-19-31(20-16-28)33-23-24-35(46-5)34(39-33)27-47(44,45)26-30-11-8-7-9-12-30/h7-9,11-12,15-24H,6,10,13-14,25-27H2,1-5H3. The third kappa shape index (κ3) is 8.65. The second kappa shape index (κ2) is 14.5. The summed E-state index contributed by atoms with van der Waals surface area (Å²) in [4.78, 5) is 17.8. The number of sulfone groups is 1. The molecule has 0 atom stereocenters. The van der Waals surface area contributed by atoms with Crippen LogP contribution in [0.5, 0.6) is 5.75 Å². The fraction of sp³-hybridized carbons (Fsp3) is 0.342. The summed E-state index contributed by atoms with van der Waals surface area (Å²) in [6.45, 7) is 9.57. The van der Waals surface area contributed by atoms with Crippen LogP contribution < -0.4 is 10.4 Å². The van der Waals surface area contributed by atoms with Gasteiger partial charge in [0, 0.05) is 18.5 Å². The van der Waals surface area contributed by atoms with Gasteiger partial charge in [-0.25, -0.2) is 22.9 Å². The Labute approximate surface area is 278 Å². The van der Waals surface area contributed by atoms with E-state index >= 15 is 0 Å². The van der Waals surface area contributed by atoms with Crippen LogP contribution in [0.25, 0.3) is 11.3 Å². The Morgan fingerprint density at radius 3 is 2.11 bits per heavy atom. The molecule has 2 heterocycles. The van der Waals surface area contributed by atoms with Gasteiger partial charge in [-0.05, 0) is 59.6 Å². The van der Waals surface area contributed by atoms with Gasteiger partial charge in [-0.1, -0.05) is 99.6 Å². The molecule has 9 heteroatoms. The van der Waals surface area contributed by atoms with E-state index in [0.717, 1.165) is 40.9 Å². The number of rotatable bonds is 13. The Morgan fingerprint density at radius 1 is 0.787 bits per heavy atom. The van der Waals surface area contributed by atoms with Crippen LogP contribution in [0, 0.1) is 0 Å². The van der Waals surface area contributed by atoms with Gasteiger partial charge in [0.25, 0.3) is 0 Å². The Balaban J connectivity index is 1.22. The summed E-state index contributed by atoms with van der Waals surface area (Å²) in [7, 11) is -1.94. The predicted octanol–water partition coefficient (Wildman–Crippen LogP) is 6.77. The Hall–Kier alpha value is -4.50. The lowest BCUT2D eigenvalue weighted by molar-refractivity contribution is 0.408. The van der Waals surface area contributed by atoms with Gasteiger partial charge in [0.05, 0.1) is 36.5 Å². The summed E-state index contributed by atoms with van der Waals surface area (Å²) in [5.74, 6) is 0.988.